The molecule has 1 atom stereocenters. The molecule has 0 aliphatic rings. The number of carbonyl (C=O) groups is 2. The van der Waals surface area contributed by atoms with Crippen molar-refractivity contribution in [1.29, 1.82) is 0 Å². The number of hydrogen-bond acceptors (Lipinski definition) is 3. The third-order valence-electron chi connectivity index (χ3n) is 2.43. The number of nitrogens with one attached hydrogen (secondary N) is 1. The molecule has 1 unspecified atom stereocenters. The zero-order valence-corrected chi connectivity index (χ0v) is 10.5. The molecule has 17 heavy (non-hydrogen) atoms. The second kappa shape index (κ2) is 8.81. The van der Waals surface area contributed by atoms with Crippen LogP contribution in [0.4, 0.5) is 4.79 Å². The topological polar surface area (TPSA) is 89.9 Å². The van der Waals surface area contributed by atoms with E-state index >= 15 is 0 Å². The summed E-state index contributed by atoms with van der Waals surface area (Å²) in [5.41, 5.74) is 0. The highest BCUT2D eigenvalue weighted by atomic mass is 16.4. The van der Waals surface area contributed by atoms with Gasteiger partial charge >= 0.3 is 12.0 Å². The lowest BCUT2D eigenvalue weighted by atomic mass is 10.2. The second-order valence-electron chi connectivity index (χ2n) is 3.79. The van der Waals surface area contributed by atoms with E-state index in [1.54, 1.807) is 0 Å². The Bertz CT molecular complexity index is 246. The van der Waals surface area contributed by atoms with E-state index in [1.165, 1.54) is 4.90 Å². The number of carboxylic acids is 1. The summed E-state index contributed by atoms with van der Waals surface area (Å²) in [6.07, 6.45) is 1.60. The summed E-state index contributed by atoms with van der Waals surface area (Å²) in [7, 11) is 0. The summed E-state index contributed by atoms with van der Waals surface area (Å²) < 4.78 is 0. The number of aliphatic hydroxyl groups excluding tert-OH is 1. The molecule has 0 bridgehead atoms. The van der Waals surface area contributed by atoms with E-state index in [0.29, 0.717) is 32.4 Å². The summed E-state index contributed by atoms with van der Waals surface area (Å²) in [6, 6.07) is -1.22. The van der Waals surface area contributed by atoms with Crippen LogP contribution >= 0.6 is 0 Å². The molecule has 0 aromatic rings. The van der Waals surface area contributed by atoms with Gasteiger partial charge < -0.3 is 20.4 Å². The molecule has 0 aromatic carbocycles. The lowest BCUT2D eigenvalue weighted by molar-refractivity contribution is -0.139. The summed E-state index contributed by atoms with van der Waals surface area (Å²) >= 11 is 0. The van der Waals surface area contributed by atoms with Crippen molar-refractivity contribution in [1.82, 2.24) is 10.2 Å². The average Bonchev–Trinajstić information content (AvgIpc) is 2.29. The minimum absolute atomic E-state index is 0.0150. The van der Waals surface area contributed by atoms with E-state index in [2.05, 4.69) is 5.32 Å². The molecule has 0 rings (SSSR count). The van der Waals surface area contributed by atoms with Crippen LogP contribution in [0.2, 0.25) is 0 Å². The van der Waals surface area contributed by atoms with E-state index in [4.69, 9.17) is 10.2 Å². The van der Waals surface area contributed by atoms with Gasteiger partial charge in [-0.25, -0.2) is 9.59 Å². The highest BCUT2D eigenvalue weighted by Crippen LogP contribution is 2.00. The van der Waals surface area contributed by atoms with Crippen LogP contribution in [0.25, 0.3) is 0 Å². The molecule has 0 saturated heterocycles. The number of urea groups is 1. The van der Waals surface area contributed by atoms with Crippen LogP contribution in [0.1, 0.15) is 33.1 Å². The van der Waals surface area contributed by atoms with E-state index in [1.807, 2.05) is 13.8 Å². The smallest absolute Gasteiger partial charge is 0.326 e. The first-order chi connectivity index (χ1) is 8.06. The van der Waals surface area contributed by atoms with Gasteiger partial charge in [-0.1, -0.05) is 13.3 Å². The van der Waals surface area contributed by atoms with Crippen molar-refractivity contribution >= 4 is 12.0 Å². The first-order valence-electron chi connectivity index (χ1n) is 5.95. The van der Waals surface area contributed by atoms with E-state index in [9.17, 15) is 9.59 Å². The maximum absolute atomic E-state index is 11.7. The molecule has 6 nitrogen and oxygen atoms in total. The van der Waals surface area contributed by atoms with Gasteiger partial charge in [0.05, 0.1) is 0 Å². The van der Waals surface area contributed by atoms with Crippen LogP contribution in [0.15, 0.2) is 0 Å². The number of amides is 2. The van der Waals surface area contributed by atoms with Gasteiger partial charge in [-0.3, -0.25) is 0 Å². The lowest BCUT2D eigenvalue weighted by Gasteiger charge is -2.23. The molecule has 100 valence electrons. The van der Waals surface area contributed by atoms with Gasteiger partial charge in [0.2, 0.25) is 0 Å². The van der Waals surface area contributed by atoms with Crippen molar-refractivity contribution in [2.75, 3.05) is 19.7 Å². The predicted octanol–water partition coefficient (Wildman–Crippen LogP) is 0.654. The highest BCUT2D eigenvalue weighted by molar-refractivity contribution is 5.82. The lowest BCUT2D eigenvalue weighted by Crippen LogP contribution is -2.48. The van der Waals surface area contributed by atoms with Crippen LogP contribution in [-0.2, 0) is 4.79 Å². The number of rotatable bonds is 8. The number of hydrogen-bond donors (Lipinski definition) is 3. The van der Waals surface area contributed by atoms with E-state index in [-0.39, 0.29) is 12.6 Å². The standard InChI is InChI=1S/C11H22N2O4/c1-3-6-9(10(15)16)12-11(17)13(4-2)7-5-8-14/h9,14H,3-8H2,1-2H3,(H,12,17)(H,15,16). The zero-order chi connectivity index (χ0) is 13.3. The molecule has 0 aromatic heterocycles. The van der Waals surface area contributed by atoms with Crippen molar-refractivity contribution in [3.63, 3.8) is 0 Å². The van der Waals surface area contributed by atoms with Crippen LogP contribution in [-0.4, -0.2) is 52.9 Å². The van der Waals surface area contributed by atoms with Gasteiger partial charge in [0.25, 0.3) is 0 Å². The molecule has 0 saturated carbocycles. The van der Waals surface area contributed by atoms with Gasteiger partial charge in [0, 0.05) is 19.7 Å². The Morgan fingerprint density at radius 1 is 1.35 bits per heavy atom. The largest absolute Gasteiger partial charge is 0.480 e. The average molecular weight is 246 g/mol. The Kier molecular flexibility index (Phi) is 8.13. The molecule has 0 fully saturated rings. The number of aliphatic hydroxyl groups is 1. The fourth-order valence-electron chi connectivity index (χ4n) is 1.45. The number of carboxylic acid groups (broad SMARTS) is 1. The molecule has 2 amide bonds. The molecule has 0 radical (unpaired) electrons. The number of aliphatic carboxylic acids is 1. The first-order valence-corrected chi connectivity index (χ1v) is 5.95. The van der Waals surface area contributed by atoms with Crippen LogP contribution in [0, 0.1) is 0 Å². The van der Waals surface area contributed by atoms with Gasteiger partial charge in [-0.15, -0.1) is 0 Å². The fraction of sp³-hybridized carbons (Fsp3) is 0.818. The number of carbonyl (C=O) groups excluding carboxylic acids is 1. The van der Waals surface area contributed by atoms with Crippen molar-refractivity contribution in [2.24, 2.45) is 0 Å². The molecular formula is C11H22N2O4. The van der Waals surface area contributed by atoms with Crippen LogP contribution in [0.5, 0.6) is 0 Å². The summed E-state index contributed by atoms with van der Waals surface area (Å²) in [4.78, 5) is 24.1. The maximum Gasteiger partial charge on any atom is 0.326 e. The molecule has 0 aliphatic carbocycles. The summed E-state index contributed by atoms with van der Waals surface area (Å²) in [5.74, 6) is -1.02. The molecule has 0 heterocycles. The highest BCUT2D eigenvalue weighted by Gasteiger charge is 2.21. The zero-order valence-electron chi connectivity index (χ0n) is 10.5. The Morgan fingerprint density at radius 2 is 2.00 bits per heavy atom. The number of nitrogens with zero attached hydrogens (tertiary/aromatic N) is 1. The van der Waals surface area contributed by atoms with Gasteiger partial charge in [-0.05, 0) is 19.8 Å². The second-order valence-corrected chi connectivity index (χ2v) is 3.79. The SMILES string of the molecule is CCCC(NC(=O)N(CC)CCCO)C(=O)O. The Hall–Kier alpha value is -1.30. The van der Waals surface area contributed by atoms with Gasteiger partial charge in [-0.2, -0.15) is 0 Å². The predicted molar refractivity (Wildman–Crippen MR) is 63.8 cm³/mol. The third-order valence-corrected chi connectivity index (χ3v) is 2.43. The monoisotopic (exact) mass is 246 g/mol. The quantitative estimate of drug-likeness (QED) is 0.586. The maximum atomic E-state index is 11.7. The normalized spacial score (nSPS) is 11.9. The van der Waals surface area contributed by atoms with Crippen LogP contribution < -0.4 is 5.32 Å². The van der Waals surface area contributed by atoms with Crippen molar-refractivity contribution in [3.8, 4) is 0 Å². The van der Waals surface area contributed by atoms with Crippen molar-refractivity contribution in [2.45, 2.75) is 39.2 Å². The molecule has 0 aliphatic heterocycles. The van der Waals surface area contributed by atoms with E-state index < -0.39 is 12.0 Å². The minimum atomic E-state index is -1.02. The van der Waals surface area contributed by atoms with Crippen molar-refractivity contribution in [3.05, 3.63) is 0 Å². The van der Waals surface area contributed by atoms with Gasteiger partial charge in [0.1, 0.15) is 6.04 Å². The Balaban J connectivity index is 4.30. The molecule has 0 spiro atoms. The Labute approximate surface area is 102 Å². The van der Waals surface area contributed by atoms with Crippen molar-refractivity contribution < 1.29 is 19.8 Å². The van der Waals surface area contributed by atoms with E-state index in [0.717, 1.165) is 0 Å². The van der Waals surface area contributed by atoms with Crippen LogP contribution in [0.3, 0.4) is 0 Å². The summed E-state index contributed by atoms with van der Waals surface area (Å²) in [6.45, 7) is 4.61. The molecule has 3 N–H and O–H groups in total. The fourth-order valence-corrected chi connectivity index (χ4v) is 1.45. The summed E-state index contributed by atoms with van der Waals surface area (Å²) in [5, 5.41) is 20.1. The third kappa shape index (κ3) is 6.11. The molecular weight excluding hydrogens is 224 g/mol. The molecule has 6 heteroatoms. The first kappa shape index (κ1) is 15.7. The Morgan fingerprint density at radius 3 is 2.41 bits per heavy atom. The minimum Gasteiger partial charge on any atom is -0.480 e. The van der Waals surface area contributed by atoms with Gasteiger partial charge in [0.15, 0.2) is 0 Å².